The van der Waals surface area contributed by atoms with E-state index < -0.39 is 5.97 Å². The van der Waals surface area contributed by atoms with E-state index in [0.717, 1.165) is 79.0 Å². The van der Waals surface area contributed by atoms with Crippen molar-refractivity contribution in [2.45, 2.75) is 44.8 Å². The number of piperidine rings is 1. The van der Waals surface area contributed by atoms with Crippen molar-refractivity contribution in [3.8, 4) is 22.6 Å². The highest BCUT2D eigenvalue weighted by Crippen LogP contribution is 2.41. The number of carboxylic acids is 1. The number of ether oxygens (including phenoxy) is 2. The zero-order chi connectivity index (χ0) is 27.4. The Hall–Kier alpha value is -3.91. The number of methoxy groups -OCH3 is 1. The third kappa shape index (κ3) is 5.91. The van der Waals surface area contributed by atoms with E-state index in [2.05, 4.69) is 16.1 Å². The van der Waals surface area contributed by atoms with Crippen molar-refractivity contribution in [1.82, 2.24) is 4.90 Å². The number of carboxylic acid groups (broad SMARTS) is 1. The molecule has 1 saturated heterocycles. The summed E-state index contributed by atoms with van der Waals surface area (Å²) < 4.78 is 25.3. The first-order valence-electron chi connectivity index (χ1n) is 13.3. The normalized spacial score (nSPS) is 16.8. The lowest BCUT2D eigenvalue weighted by Crippen LogP contribution is -2.46. The van der Waals surface area contributed by atoms with Crippen LogP contribution < -0.4 is 9.47 Å². The molecular formula is C31H33FN2O5. The van der Waals surface area contributed by atoms with Crippen LogP contribution in [-0.2, 0) is 11.4 Å². The molecule has 0 aliphatic carbocycles. The molecule has 2 heterocycles. The molecule has 39 heavy (non-hydrogen) atoms. The molecular weight excluding hydrogens is 499 g/mol. The summed E-state index contributed by atoms with van der Waals surface area (Å²) in [5, 5.41) is 13.6. The second-order valence-electron chi connectivity index (χ2n) is 10.1. The maximum Gasteiger partial charge on any atom is 0.335 e. The van der Waals surface area contributed by atoms with E-state index in [-0.39, 0.29) is 17.0 Å². The van der Waals surface area contributed by atoms with Crippen LogP contribution in [0.15, 0.2) is 65.8 Å². The molecule has 5 rings (SSSR count). The van der Waals surface area contributed by atoms with Crippen LogP contribution in [0.3, 0.4) is 0 Å². The summed E-state index contributed by atoms with van der Waals surface area (Å²) in [6, 6.07) is 17.2. The Labute approximate surface area is 227 Å². The molecule has 0 bridgehead atoms. The van der Waals surface area contributed by atoms with Crippen molar-refractivity contribution in [2.24, 2.45) is 5.16 Å². The number of likely N-dealkylation sites (tertiary alicyclic amines) is 1. The third-order valence-electron chi connectivity index (χ3n) is 7.58. The number of hydrogen-bond acceptors (Lipinski definition) is 6. The van der Waals surface area contributed by atoms with Gasteiger partial charge in [0.25, 0.3) is 0 Å². The van der Waals surface area contributed by atoms with Gasteiger partial charge in [-0.3, -0.25) is 4.90 Å². The maximum absolute atomic E-state index is 13.5. The van der Waals surface area contributed by atoms with Crippen LogP contribution in [0.1, 0.15) is 54.1 Å². The molecule has 8 heteroatoms. The number of aromatic carboxylic acids is 1. The number of hydrogen-bond donors (Lipinski definition) is 1. The molecule has 1 fully saturated rings. The molecule has 1 spiro atoms. The molecule has 7 nitrogen and oxygen atoms in total. The zero-order valence-corrected chi connectivity index (χ0v) is 22.3. The summed E-state index contributed by atoms with van der Waals surface area (Å²) >= 11 is 0. The number of oxime groups is 1. The van der Waals surface area contributed by atoms with Gasteiger partial charge in [0.2, 0.25) is 0 Å². The van der Waals surface area contributed by atoms with E-state index in [1.54, 1.807) is 43.5 Å². The monoisotopic (exact) mass is 532 g/mol. The van der Waals surface area contributed by atoms with Gasteiger partial charge in [-0.1, -0.05) is 29.4 Å². The number of carbonyl (C=O) groups is 1. The van der Waals surface area contributed by atoms with E-state index in [1.807, 2.05) is 13.0 Å². The van der Waals surface area contributed by atoms with Crippen molar-refractivity contribution < 1.29 is 28.6 Å². The van der Waals surface area contributed by atoms with Crippen molar-refractivity contribution >= 4 is 11.7 Å². The van der Waals surface area contributed by atoms with Crippen LogP contribution in [0.25, 0.3) is 11.1 Å². The Balaban J connectivity index is 1.25. The molecule has 0 amide bonds. The van der Waals surface area contributed by atoms with Crippen LogP contribution in [0.5, 0.6) is 11.5 Å². The molecule has 2 aliphatic rings. The first kappa shape index (κ1) is 26.7. The molecule has 0 unspecified atom stereocenters. The van der Waals surface area contributed by atoms with Crippen molar-refractivity contribution in [3.63, 3.8) is 0 Å². The summed E-state index contributed by atoms with van der Waals surface area (Å²) in [6.07, 6.45) is 3.44. The van der Waals surface area contributed by atoms with Gasteiger partial charge in [-0.25, -0.2) is 9.18 Å². The first-order chi connectivity index (χ1) is 18.9. The van der Waals surface area contributed by atoms with Crippen molar-refractivity contribution in [1.29, 1.82) is 0 Å². The highest BCUT2D eigenvalue weighted by atomic mass is 19.1. The predicted molar refractivity (Wildman–Crippen MR) is 147 cm³/mol. The Morgan fingerprint density at radius 2 is 1.69 bits per heavy atom. The van der Waals surface area contributed by atoms with E-state index >= 15 is 0 Å². The van der Waals surface area contributed by atoms with Crippen molar-refractivity contribution in [2.75, 3.05) is 26.8 Å². The molecule has 3 aromatic carbocycles. The van der Waals surface area contributed by atoms with Crippen LogP contribution in [0, 0.1) is 5.82 Å². The summed E-state index contributed by atoms with van der Waals surface area (Å²) in [5.74, 6) is 0.199. The Morgan fingerprint density at radius 3 is 2.28 bits per heavy atom. The maximum atomic E-state index is 13.5. The Kier molecular flexibility index (Phi) is 7.84. The fourth-order valence-electron chi connectivity index (χ4n) is 5.38. The quantitative estimate of drug-likeness (QED) is 0.375. The van der Waals surface area contributed by atoms with Crippen LogP contribution in [-0.4, -0.2) is 54.1 Å². The number of nitrogens with zero attached hydrogens (tertiary/aromatic N) is 2. The minimum atomic E-state index is -0.939. The second kappa shape index (κ2) is 11.5. The standard InChI is InChI=1S/C31H33FN2O5/c1-3-38-28-19-21(18-27(37-2)29(28)23-8-10-25(32)11-9-23)20-34-16-14-31(15-17-34)13-12-26(33-39-31)22-4-6-24(7-5-22)30(35)36/h4-11,18-19H,3,12-17,20H2,1-2H3,(H,35,36). The molecule has 1 N–H and O–H groups in total. The van der Waals surface area contributed by atoms with Gasteiger partial charge in [-0.2, -0.15) is 0 Å². The average molecular weight is 533 g/mol. The lowest BCUT2D eigenvalue weighted by Gasteiger charge is -2.41. The number of halogens is 1. The van der Waals surface area contributed by atoms with Gasteiger partial charge in [0, 0.05) is 32.5 Å². The minimum absolute atomic E-state index is 0.260. The highest BCUT2D eigenvalue weighted by Gasteiger charge is 2.39. The molecule has 3 aromatic rings. The lowest BCUT2D eigenvalue weighted by molar-refractivity contribution is -0.0950. The van der Waals surface area contributed by atoms with Gasteiger partial charge >= 0.3 is 5.97 Å². The molecule has 0 atom stereocenters. The highest BCUT2D eigenvalue weighted by molar-refractivity contribution is 6.01. The molecule has 0 radical (unpaired) electrons. The van der Waals surface area contributed by atoms with Gasteiger partial charge < -0.3 is 19.4 Å². The summed E-state index contributed by atoms with van der Waals surface area (Å²) in [7, 11) is 1.64. The average Bonchev–Trinajstić information content (AvgIpc) is 2.95. The predicted octanol–water partition coefficient (Wildman–Crippen LogP) is 6.15. The minimum Gasteiger partial charge on any atom is -0.496 e. The molecule has 0 aromatic heterocycles. The Morgan fingerprint density at radius 1 is 1.03 bits per heavy atom. The topological polar surface area (TPSA) is 80.6 Å². The van der Waals surface area contributed by atoms with Gasteiger partial charge in [0.05, 0.1) is 30.6 Å². The lowest BCUT2D eigenvalue weighted by atomic mass is 9.84. The van der Waals surface area contributed by atoms with E-state index in [1.165, 1.54) is 12.1 Å². The third-order valence-corrected chi connectivity index (χ3v) is 7.58. The molecule has 204 valence electrons. The summed E-state index contributed by atoms with van der Waals surface area (Å²) in [6.45, 7) is 4.96. The molecule has 2 aliphatic heterocycles. The number of benzene rings is 3. The van der Waals surface area contributed by atoms with Gasteiger partial charge in [-0.05, 0) is 72.9 Å². The Bertz CT molecular complexity index is 1350. The first-order valence-corrected chi connectivity index (χ1v) is 13.3. The van der Waals surface area contributed by atoms with Gasteiger partial charge in [0.1, 0.15) is 22.9 Å². The van der Waals surface area contributed by atoms with Gasteiger partial charge in [0.15, 0.2) is 0 Å². The van der Waals surface area contributed by atoms with E-state index in [9.17, 15) is 9.18 Å². The SMILES string of the molecule is CCOc1cc(CN2CCC3(CCC(c4ccc(C(=O)O)cc4)=NO3)CC2)cc(OC)c1-c1ccc(F)cc1. The second-order valence-corrected chi connectivity index (χ2v) is 10.1. The van der Waals surface area contributed by atoms with E-state index in [4.69, 9.17) is 19.4 Å². The van der Waals surface area contributed by atoms with Crippen LogP contribution >= 0.6 is 0 Å². The molecule has 0 saturated carbocycles. The fourth-order valence-corrected chi connectivity index (χ4v) is 5.38. The van der Waals surface area contributed by atoms with E-state index in [0.29, 0.717) is 12.4 Å². The summed E-state index contributed by atoms with van der Waals surface area (Å²) in [5.41, 5.74) is 4.51. The van der Waals surface area contributed by atoms with Crippen molar-refractivity contribution in [3.05, 3.63) is 83.2 Å². The zero-order valence-electron chi connectivity index (χ0n) is 22.3. The van der Waals surface area contributed by atoms with Gasteiger partial charge in [-0.15, -0.1) is 0 Å². The van der Waals surface area contributed by atoms with Crippen LogP contribution in [0.2, 0.25) is 0 Å². The fraction of sp³-hybridized carbons (Fsp3) is 0.355. The largest absolute Gasteiger partial charge is 0.496 e. The van der Waals surface area contributed by atoms with Crippen LogP contribution in [0.4, 0.5) is 4.39 Å². The summed E-state index contributed by atoms with van der Waals surface area (Å²) in [4.78, 5) is 19.6. The smallest absolute Gasteiger partial charge is 0.335 e. The number of rotatable bonds is 8.